The van der Waals surface area contributed by atoms with E-state index in [1.165, 1.54) is 18.3 Å². The van der Waals surface area contributed by atoms with Gasteiger partial charge in [-0.05, 0) is 18.6 Å². The Hall–Kier alpha value is -1.95. The van der Waals surface area contributed by atoms with Crippen LogP contribution in [-0.2, 0) is 0 Å². The number of rotatable bonds is 3. The zero-order valence-electron chi connectivity index (χ0n) is 10.8. The van der Waals surface area contributed by atoms with Gasteiger partial charge >= 0.3 is 5.97 Å². The quantitative estimate of drug-likeness (QED) is 0.745. The van der Waals surface area contributed by atoms with Gasteiger partial charge in [0.2, 0.25) is 0 Å². The predicted octanol–water partition coefficient (Wildman–Crippen LogP) is 0.669. The number of aromatic nitrogens is 1. The van der Waals surface area contributed by atoms with Gasteiger partial charge in [0, 0.05) is 17.7 Å². The highest BCUT2D eigenvalue weighted by atomic mass is 16.4. The summed E-state index contributed by atoms with van der Waals surface area (Å²) in [5.41, 5.74) is -0.641. The van der Waals surface area contributed by atoms with Gasteiger partial charge in [-0.15, -0.1) is 0 Å². The Morgan fingerprint density at radius 3 is 2.68 bits per heavy atom. The minimum Gasteiger partial charge on any atom is -0.478 e. The van der Waals surface area contributed by atoms with Crippen molar-refractivity contribution in [2.45, 2.75) is 32.4 Å². The van der Waals surface area contributed by atoms with E-state index >= 15 is 0 Å². The summed E-state index contributed by atoms with van der Waals surface area (Å²) in [6.45, 7) is 3.70. The average molecular weight is 264 g/mol. The molecule has 0 bridgehead atoms. The number of carboxylic acids is 1. The van der Waals surface area contributed by atoms with E-state index < -0.39 is 23.4 Å². The number of aromatic carboxylic acids is 1. The number of nitrogens with zero attached hydrogens (tertiary/aromatic N) is 1. The van der Waals surface area contributed by atoms with Gasteiger partial charge in [0.05, 0.1) is 11.7 Å². The summed E-state index contributed by atoms with van der Waals surface area (Å²) in [5, 5.41) is 21.3. The molecule has 0 aromatic carbocycles. The molecule has 6 heteroatoms. The second kappa shape index (κ2) is 4.62. The van der Waals surface area contributed by atoms with Crippen LogP contribution in [0.25, 0.3) is 0 Å². The topological polar surface area (TPSA) is 99.5 Å². The Bertz CT molecular complexity index is 527. The molecule has 1 aliphatic rings. The third-order valence-corrected chi connectivity index (χ3v) is 3.77. The van der Waals surface area contributed by atoms with Gasteiger partial charge in [-0.3, -0.25) is 9.78 Å². The molecule has 1 fully saturated rings. The number of nitrogens with one attached hydrogen (secondary N) is 1. The predicted molar refractivity (Wildman–Crippen MR) is 66.9 cm³/mol. The summed E-state index contributed by atoms with van der Waals surface area (Å²) in [4.78, 5) is 26.9. The molecular formula is C13H16N2O4. The summed E-state index contributed by atoms with van der Waals surface area (Å²) < 4.78 is 0. The summed E-state index contributed by atoms with van der Waals surface area (Å²) in [6.07, 6.45) is 1.39. The maximum atomic E-state index is 12.0. The lowest BCUT2D eigenvalue weighted by atomic mass is 9.64. The van der Waals surface area contributed by atoms with Crippen LogP contribution >= 0.6 is 0 Å². The van der Waals surface area contributed by atoms with Crippen molar-refractivity contribution in [1.29, 1.82) is 0 Å². The van der Waals surface area contributed by atoms with Crippen molar-refractivity contribution in [1.82, 2.24) is 10.3 Å². The van der Waals surface area contributed by atoms with E-state index in [0.717, 1.165) is 0 Å². The van der Waals surface area contributed by atoms with Crippen LogP contribution in [0.4, 0.5) is 0 Å². The Balaban J connectivity index is 2.16. The average Bonchev–Trinajstić information content (AvgIpc) is 2.38. The smallest absolute Gasteiger partial charge is 0.338 e. The van der Waals surface area contributed by atoms with Crippen molar-refractivity contribution in [3.8, 4) is 0 Å². The highest BCUT2D eigenvalue weighted by Crippen LogP contribution is 2.40. The van der Waals surface area contributed by atoms with Gasteiger partial charge in [0.15, 0.2) is 0 Å². The first kappa shape index (κ1) is 13.5. The Morgan fingerprint density at radius 2 is 2.16 bits per heavy atom. The summed E-state index contributed by atoms with van der Waals surface area (Å²) in [6, 6.07) is 2.63. The second-order valence-electron chi connectivity index (χ2n) is 5.30. The van der Waals surface area contributed by atoms with Crippen molar-refractivity contribution < 1.29 is 19.8 Å². The van der Waals surface area contributed by atoms with E-state index in [0.29, 0.717) is 6.42 Å². The molecule has 1 aromatic rings. The van der Waals surface area contributed by atoms with Crippen LogP contribution in [0.15, 0.2) is 18.3 Å². The largest absolute Gasteiger partial charge is 0.478 e. The van der Waals surface area contributed by atoms with E-state index in [9.17, 15) is 14.7 Å². The van der Waals surface area contributed by atoms with Crippen LogP contribution in [-0.4, -0.2) is 39.2 Å². The molecule has 3 N–H and O–H groups in total. The van der Waals surface area contributed by atoms with Crippen molar-refractivity contribution in [3.05, 3.63) is 29.6 Å². The Labute approximate surface area is 110 Å². The molecule has 1 heterocycles. The van der Waals surface area contributed by atoms with E-state index in [-0.39, 0.29) is 17.3 Å². The summed E-state index contributed by atoms with van der Waals surface area (Å²) >= 11 is 0. The lowest BCUT2D eigenvalue weighted by Gasteiger charge is -2.49. The van der Waals surface area contributed by atoms with Gasteiger partial charge in [-0.25, -0.2) is 4.79 Å². The fourth-order valence-electron chi connectivity index (χ4n) is 2.13. The van der Waals surface area contributed by atoms with Crippen LogP contribution in [0.5, 0.6) is 0 Å². The maximum Gasteiger partial charge on any atom is 0.338 e. The fraction of sp³-hybridized carbons (Fsp3) is 0.462. The zero-order valence-corrected chi connectivity index (χ0v) is 10.8. The molecule has 2 atom stereocenters. The lowest BCUT2D eigenvalue weighted by molar-refractivity contribution is -0.0690. The molecule has 0 aliphatic heterocycles. The lowest BCUT2D eigenvalue weighted by Crippen LogP contribution is -2.61. The highest BCUT2D eigenvalue weighted by molar-refractivity contribution is 6.03. The van der Waals surface area contributed by atoms with Crippen molar-refractivity contribution in [3.63, 3.8) is 0 Å². The molecule has 102 valence electrons. The van der Waals surface area contributed by atoms with Crippen LogP contribution in [0.3, 0.4) is 0 Å². The Kier molecular flexibility index (Phi) is 3.28. The van der Waals surface area contributed by atoms with E-state index in [4.69, 9.17) is 5.11 Å². The molecule has 1 aliphatic carbocycles. The molecular weight excluding hydrogens is 248 g/mol. The first-order chi connectivity index (χ1) is 8.84. The van der Waals surface area contributed by atoms with Gasteiger partial charge in [0.1, 0.15) is 5.69 Å². The van der Waals surface area contributed by atoms with Crippen molar-refractivity contribution >= 4 is 11.9 Å². The summed E-state index contributed by atoms with van der Waals surface area (Å²) in [5.74, 6) is -1.71. The number of aliphatic hydroxyl groups excluding tert-OH is 1. The molecule has 1 saturated carbocycles. The highest BCUT2D eigenvalue weighted by Gasteiger charge is 2.48. The number of hydrogen-bond donors (Lipinski definition) is 3. The standard InChI is InChI=1S/C13H16N2O4/c1-13(2)8(6-9(13)16)15-11(17)10-7(12(18)19)4-3-5-14-10/h3-5,8-9,16H,6H2,1-2H3,(H,15,17)(H,18,19). The van der Waals surface area contributed by atoms with E-state index in [2.05, 4.69) is 10.3 Å². The SMILES string of the molecule is CC1(C)C(O)CC1NC(=O)c1ncccc1C(=O)O. The first-order valence-corrected chi connectivity index (χ1v) is 6.01. The number of amides is 1. The third-order valence-electron chi connectivity index (χ3n) is 3.77. The molecule has 1 aromatic heterocycles. The van der Waals surface area contributed by atoms with E-state index in [1.54, 1.807) is 0 Å². The zero-order chi connectivity index (χ0) is 14.2. The number of hydrogen-bond acceptors (Lipinski definition) is 4. The summed E-state index contributed by atoms with van der Waals surface area (Å²) in [7, 11) is 0. The maximum absolute atomic E-state index is 12.0. The number of pyridine rings is 1. The van der Waals surface area contributed by atoms with Crippen LogP contribution < -0.4 is 5.32 Å². The molecule has 0 saturated heterocycles. The fourth-order valence-corrected chi connectivity index (χ4v) is 2.13. The molecule has 1 amide bonds. The number of carboxylic acid groups (broad SMARTS) is 1. The second-order valence-corrected chi connectivity index (χ2v) is 5.30. The minimum atomic E-state index is -1.19. The van der Waals surface area contributed by atoms with Gasteiger partial charge in [-0.2, -0.15) is 0 Å². The molecule has 2 rings (SSSR count). The number of carbonyl (C=O) groups excluding carboxylic acids is 1. The third kappa shape index (κ3) is 2.31. The normalized spacial score (nSPS) is 24.4. The van der Waals surface area contributed by atoms with Crippen molar-refractivity contribution in [2.75, 3.05) is 0 Å². The first-order valence-electron chi connectivity index (χ1n) is 6.01. The minimum absolute atomic E-state index is 0.104. The molecule has 6 nitrogen and oxygen atoms in total. The molecule has 0 spiro atoms. The molecule has 0 radical (unpaired) electrons. The van der Waals surface area contributed by atoms with Gasteiger partial charge in [0.25, 0.3) is 5.91 Å². The van der Waals surface area contributed by atoms with E-state index in [1.807, 2.05) is 13.8 Å². The number of aliphatic hydroxyl groups is 1. The van der Waals surface area contributed by atoms with Crippen LogP contribution in [0.2, 0.25) is 0 Å². The molecule has 19 heavy (non-hydrogen) atoms. The van der Waals surface area contributed by atoms with Gasteiger partial charge < -0.3 is 15.5 Å². The Morgan fingerprint density at radius 1 is 1.47 bits per heavy atom. The monoisotopic (exact) mass is 264 g/mol. The van der Waals surface area contributed by atoms with Crippen LogP contribution in [0, 0.1) is 5.41 Å². The van der Waals surface area contributed by atoms with Crippen LogP contribution in [0.1, 0.15) is 41.1 Å². The van der Waals surface area contributed by atoms with Crippen molar-refractivity contribution in [2.24, 2.45) is 5.41 Å². The molecule has 2 unspecified atom stereocenters. The number of carbonyl (C=O) groups is 2. The van der Waals surface area contributed by atoms with Gasteiger partial charge in [-0.1, -0.05) is 13.8 Å².